The number of ether oxygens (including phenoxy) is 3. The van der Waals surface area contributed by atoms with E-state index in [2.05, 4.69) is 0 Å². The number of benzene rings is 2. The Morgan fingerprint density at radius 3 is 2.73 bits per heavy atom. The zero-order valence-corrected chi connectivity index (χ0v) is 17.8. The van der Waals surface area contributed by atoms with Crippen molar-refractivity contribution in [3.63, 3.8) is 0 Å². The van der Waals surface area contributed by atoms with Crippen molar-refractivity contribution in [1.82, 2.24) is 0 Å². The van der Waals surface area contributed by atoms with Crippen molar-refractivity contribution in [3.05, 3.63) is 77.8 Å². The summed E-state index contributed by atoms with van der Waals surface area (Å²) in [5.41, 5.74) is 0.714. The Hall–Kier alpha value is -4.20. The van der Waals surface area contributed by atoms with E-state index in [1.54, 1.807) is 54.6 Å². The normalized spacial score (nSPS) is 18.7. The van der Waals surface area contributed by atoms with Gasteiger partial charge < -0.3 is 23.7 Å². The third kappa shape index (κ3) is 3.59. The van der Waals surface area contributed by atoms with E-state index in [0.717, 1.165) is 6.42 Å². The number of ketones is 1. The number of fused-ring (bicyclic) bond motifs is 1. The van der Waals surface area contributed by atoms with Crippen molar-refractivity contribution in [1.29, 1.82) is 0 Å². The Morgan fingerprint density at radius 2 is 1.94 bits per heavy atom. The average Bonchev–Trinajstić information content (AvgIpc) is 3.57. The Balaban J connectivity index is 1.63. The van der Waals surface area contributed by atoms with Crippen LogP contribution in [0.5, 0.6) is 17.2 Å². The van der Waals surface area contributed by atoms with Crippen LogP contribution in [0.2, 0.25) is 0 Å². The van der Waals surface area contributed by atoms with E-state index < -0.39 is 17.7 Å². The molecular weight excluding hydrogens is 426 g/mol. The van der Waals surface area contributed by atoms with Gasteiger partial charge in [0.2, 0.25) is 6.79 Å². The smallest absolute Gasteiger partial charge is 0.300 e. The lowest BCUT2D eigenvalue weighted by molar-refractivity contribution is -0.132. The fourth-order valence-electron chi connectivity index (χ4n) is 3.96. The van der Waals surface area contributed by atoms with Crippen LogP contribution >= 0.6 is 0 Å². The predicted molar refractivity (Wildman–Crippen MR) is 118 cm³/mol. The fraction of sp³-hybridized carbons (Fsp3) is 0.200. The third-order valence-corrected chi connectivity index (χ3v) is 5.47. The number of aliphatic hydroxyl groups excluding tert-OH is 1. The van der Waals surface area contributed by atoms with Crippen molar-refractivity contribution in [2.45, 2.75) is 19.4 Å². The molecule has 3 aromatic rings. The van der Waals surface area contributed by atoms with Gasteiger partial charge in [0.15, 0.2) is 11.5 Å². The van der Waals surface area contributed by atoms with Gasteiger partial charge in [0.25, 0.3) is 11.7 Å². The zero-order chi connectivity index (χ0) is 22.9. The molecule has 0 aliphatic carbocycles. The number of amides is 1. The van der Waals surface area contributed by atoms with Crippen LogP contribution < -0.4 is 19.1 Å². The summed E-state index contributed by atoms with van der Waals surface area (Å²) in [6.07, 6.45) is 2.28. The summed E-state index contributed by atoms with van der Waals surface area (Å²) < 4.78 is 22.0. The maximum Gasteiger partial charge on any atom is 0.300 e. The quantitative estimate of drug-likeness (QED) is 0.339. The topological polar surface area (TPSA) is 98.4 Å². The first kappa shape index (κ1) is 20.7. The number of aliphatic hydroxyl groups is 1. The standard InChI is InChI=1S/C25H21NO7/c1-2-10-30-17-6-3-5-15(12-17)23(27)21-22(19-7-4-11-31-19)26(25(29)24(21)28)16-8-9-18-20(13-16)33-14-32-18/h3-9,11-13,22,27H,2,10,14H2,1H3/b23-21-. The van der Waals surface area contributed by atoms with Gasteiger partial charge in [-0.15, -0.1) is 0 Å². The van der Waals surface area contributed by atoms with E-state index in [1.165, 1.54) is 11.2 Å². The van der Waals surface area contributed by atoms with E-state index in [4.69, 9.17) is 18.6 Å². The number of anilines is 1. The number of carbonyl (C=O) groups excluding carboxylic acids is 2. The Labute approximate surface area is 189 Å². The van der Waals surface area contributed by atoms with Crippen molar-refractivity contribution in [2.75, 3.05) is 18.3 Å². The largest absolute Gasteiger partial charge is 0.507 e. The minimum atomic E-state index is -0.958. The summed E-state index contributed by atoms with van der Waals surface area (Å²) in [6, 6.07) is 14.1. The average molecular weight is 447 g/mol. The first-order valence-electron chi connectivity index (χ1n) is 10.6. The molecule has 33 heavy (non-hydrogen) atoms. The van der Waals surface area contributed by atoms with Crippen LogP contribution in [0.15, 0.2) is 70.9 Å². The molecule has 1 unspecified atom stereocenters. The van der Waals surface area contributed by atoms with Crippen LogP contribution in [-0.4, -0.2) is 30.2 Å². The number of furan rings is 1. The number of hydrogen-bond acceptors (Lipinski definition) is 7. The Morgan fingerprint density at radius 1 is 1.09 bits per heavy atom. The van der Waals surface area contributed by atoms with Gasteiger partial charge in [-0.05, 0) is 42.8 Å². The second-order valence-corrected chi connectivity index (χ2v) is 7.60. The highest BCUT2D eigenvalue weighted by Gasteiger charge is 2.48. The molecule has 0 bridgehead atoms. The van der Waals surface area contributed by atoms with E-state index in [0.29, 0.717) is 40.9 Å². The van der Waals surface area contributed by atoms with Gasteiger partial charge in [-0.2, -0.15) is 0 Å². The number of carbonyl (C=O) groups is 2. The van der Waals surface area contributed by atoms with E-state index in [-0.39, 0.29) is 18.1 Å². The van der Waals surface area contributed by atoms with Crippen LogP contribution in [0.4, 0.5) is 5.69 Å². The number of hydrogen-bond donors (Lipinski definition) is 1. The van der Waals surface area contributed by atoms with Crippen LogP contribution in [-0.2, 0) is 9.59 Å². The maximum atomic E-state index is 13.2. The van der Waals surface area contributed by atoms with E-state index >= 15 is 0 Å². The minimum Gasteiger partial charge on any atom is -0.507 e. The van der Waals surface area contributed by atoms with E-state index in [1.807, 2.05) is 6.92 Å². The molecule has 2 aliphatic rings. The first-order valence-corrected chi connectivity index (χ1v) is 10.6. The molecule has 1 amide bonds. The molecule has 2 aliphatic heterocycles. The van der Waals surface area contributed by atoms with Crippen LogP contribution in [0.3, 0.4) is 0 Å². The van der Waals surface area contributed by atoms with Crippen LogP contribution in [0, 0.1) is 0 Å². The molecule has 0 saturated carbocycles. The first-order chi connectivity index (χ1) is 16.1. The molecule has 1 atom stereocenters. The SMILES string of the molecule is CCCOc1cccc(/C(O)=C2/C(=O)C(=O)N(c3ccc4c(c3)OCO4)C2c2ccco2)c1. The molecule has 168 valence electrons. The molecule has 8 heteroatoms. The fourth-order valence-corrected chi connectivity index (χ4v) is 3.96. The minimum absolute atomic E-state index is 0.0692. The van der Waals surface area contributed by atoms with Crippen molar-refractivity contribution >= 4 is 23.1 Å². The molecular formula is C25H21NO7. The molecule has 1 fully saturated rings. The Kier molecular flexibility index (Phi) is 5.26. The molecule has 1 saturated heterocycles. The summed E-state index contributed by atoms with van der Waals surface area (Å²) in [5.74, 6) is 0.0102. The monoisotopic (exact) mass is 447 g/mol. The van der Waals surface area contributed by atoms with Gasteiger partial charge in [-0.3, -0.25) is 14.5 Å². The van der Waals surface area contributed by atoms with Crippen molar-refractivity contribution in [2.24, 2.45) is 0 Å². The summed E-state index contributed by atoms with van der Waals surface area (Å²) in [4.78, 5) is 27.6. The lowest BCUT2D eigenvalue weighted by atomic mass is 9.99. The van der Waals surface area contributed by atoms with Gasteiger partial charge in [0.1, 0.15) is 23.3 Å². The van der Waals surface area contributed by atoms with Crippen molar-refractivity contribution < 1.29 is 33.3 Å². The van der Waals surface area contributed by atoms with Gasteiger partial charge in [0, 0.05) is 17.3 Å². The second kappa shape index (κ2) is 8.38. The molecule has 0 radical (unpaired) electrons. The van der Waals surface area contributed by atoms with Gasteiger partial charge >= 0.3 is 0 Å². The second-order valence-electron chi connectivity index (χ2n) is 7.60. The lowest BCUT2D eigenvalue weighted by Gasteiger charge is -2.23. The maximum absolute atomic E-state index is 13.2. The van der Waals surface area contributed by atoms with Crippen LogP contribution in [0.1, 0.15) is 30.7 Å². The number of Topliss-reactive ketones (excluding diaryl/α,β-unsaturated/α-hetero) is 1. The highest BCUT2D eigenvalue weighted by Crippen LogP contribution is 2.45. The molecule has 5 rings (SSSR count). The molecule has 0 spiro atoms. The highest BCUT2D eigenvalue weighted by molar-refractivity contribution is 6.51. The van der Waals surface area contributed by atoms with Crippen molar-refractivity contribution in [3.8, 4) is 17.2 Å². The molecule has 3 heterocycles. The van der Waals surface area contributed by atoms with Gasteiger partial charge in [-0.1, -0.05) is 19.1 Å². The summed E-state index contributed by atoms with van der Waals surface area (Å²) in [6.45, 7) is 2.59. The highest BCUT2D eigenvalue weighted by atomic mass is 16.7. The van der Waals surface area contributed by atoms with Gasteiger partial charge in [0.05, 0.1) is 18.4 Å². The third-order valence-electron chi connectivity index (χ3n) is 5.47. The Bertz CT molecular complexity index is 1250. The molecule has 1 aromatic heterocycles. The molecule has 2 aromatic carbocycles. The predicted octanol–water partition coefficient (Wildman–Crippen LogP) is 4.42. The lowest BCUT2D eigenvalue weighted by Crippen LogP contribution is -2.29. The zero-order valence-electron chi connectivity index (χ0n) is 17.8. The summed E-state index contributed by atoms with van der Waals surface area (Å²) in [5, 5.41) is 11.2. The van der Waals surface area contributed by atoms with E-state index in [9.17, 15) is 14.7 Å². The summed E-state index contributed by atoms with van der Waals surface area (Å²) in [7, 11) is 0. The van der Waals surface area contributed by atoms with Gasteiger partial charge in [-0.25, -0.2) is 0 Å². The number of rotatable bonds is 6. The number of nitrogens with zero attached hydrogens (tertiary/aromatic N) is 1. The van der Waals surface area contributed by atoms with Crippen LogP contribution in [0.25, 0.3) is 5.76 Å². The molecule has 8 nitrogen and oxygen atoms in total. The summed E-state index contributed by atoms with van der Waals surface area (Å²) >= 11 is 0. The molecule has 1 N–H and O–H groups in total.